The predicted molar refractivity (Wildman–Crippen MR) is 78.0 cm³/mol. The van der Waals surface area contributed by atoms with E-state index >= 15 is 0 Å². The fraction of sp³-hybridized carbons (Fsp3) is 0.538. The van der Waals surface area contributed by atoms with E-state index in [9.17, 15) is 5.11 Å². The largest absolute Gasteiger partial charge is 0.396 e. The molecule has 2 rings (SSSR count). The molecule has 0 unspecified atom stereocenters. The fourth-order valence-electron chi connectivity index (χ4n) is 2.42. The third kappa shape index (κ3) is 3.45. The number of benzene rings is 1. The molecular weight excluding hydrogens is 316 g/mol. The Morgan fingerprint density at radius 2 is 2.11 bits per heavy atom. The van der Waals surface area contributed by atoms with Crippen molar-refractivity contribution in [2.75, 3.05) is 32.8 Å². The van der Waals surface area contributed by atoms with Crippen molar-refractivity contribution in [1.29, 1.82) is 0 Å². The molecule has 3 nitrogen and oxygen atoms in total. The zero-order valence-electron chi connectivity index (χ0n) is 10.2. The predicted octanol–water partition coefficient (Wildman–Crippen LogP) is 2.43. The van der Waals surface area contributed by atoms with Crippen molar-refractivity contribution in [2.45, 2.75) is 12.5 Å². The second kappa shape index (κ2) is 6.87. The SMILES string of the molecule is OCC[C@@H](c1cc(Br)ccc1Cl)N1CCNCC1. The molecule has 1 aromatic carbocycles. The smallest absolute Gasteiger partial charge is 0.0454 e. The maximum atomic E-state index is 9.29. The van der Waals surface area contributed by atoms with Gasteiger partial charge in [-0.05, 0) is 30.2 Å². The number of nitrogens with one attached hydrogen (secondary N) is 1. The van der Waals surface area contributed by atoms with E-state index in [0.29, 0.717) is 0 Å². The molecule has 1 heterocycles. The molecule has 1 fully saturated rings. The molecule has 0 radical (unpaired) electrons. The normalized spacial score (nSPS) is 18.8. The van der Waals surface area contributed by atoms with E-state index < -0.39 is 0 Å². The number of hydrogen-bond donors (Lipinski definition) is 2. The molecule has 1 aromatic rings. The molecule has 100 valence electrons. The highest BCUT2D eigenvalue weighted by Crippen LogP contribution is 2.32. The number of aliphatic hydroxyl groups excluding tert-OH is 1. The first-order valence-corrected chi connectivity index (χ1v) is 7.40. The lowest BCUT2D eigenvalue weighted by Gasteiger charge is -2.35. The van der Waals surface area contributed by atoms with E-state index in [1.807, 2.05) is 12.1 Å². The van der Waals surface area contributed by atoms with Crippen LogP contribution < -0.4 is 5.32 Å². The monoisotopic (exact) mass is 332 g/mol. The van der Waals surface area contributed by atoms with Gasteiger partial charge in [0.2, 0.25) is 0 Å². The highest BCUT2D eigenvalue weighted by Gasteiger charge is 2.23. The summed E-state index contributed by atoms with van der Waals surface area (Å²) in [6.45, 7) is 4.15. The first-order valence-electron chi connectivity index (χ1n) is 6.23. The molecule has 0 spiro atoms. The van der Waals surface area contributed by atoms with E-state index in [1.54, 1.807) is 0 Å². The van der Waals surface area contributed by atoms with Gasteiger partial charge in [0.05, 0.1) is 0 Å². The van der Waals surface area contributed by atoms with Gasteiger partial charge in [0, 0.05) is 48.3 Å². The van der Waals surface area contributed by atoms with Gasteiger partial charge in [0.1, 0.15) is 0 Å². The summed E-state index contributed by atoms with van der Waals surface area (Å²) < 4.78 is 1.03. The molecule has 5 heteroatoms. The molecule has 1 atom stereocenters. The number of rotatable bonds is 4. The van der Waals surface area contributed by atoms with Gasteiger partial charge in [-0.25, -0.2) is 0 Å². The zero-order valence-corrected chi connectivity index (χ0v) is 12.5. The number of piperazine rings is 1. The Bertz CT molecular complexity index is 397. The van der Waals surface area contributed by atoms with Gasteiger partial charge in [-0.1, -0.05) is 27.5 Å². The average Bonchev–Trinajstić information content (AvgIpc) is 2.40. The van der Waals surface area contributed by atoms with Crippen molar-refractivity contribution in [1.82, 2.24) is 10.2 Å². The molecule has 1 saturated heterocycles. The van der Waals surface area contributed by atoms with E-state index in [1.165, 1.54) is 0 Å². The Labute approximate surface area is 121 Å². The van der Waals surface area contributed by atoms with Gasteiger partial charge in [-0.2, -0.15) is 0 Å². The summed E-state index contributed by atoms with van der Waals surface area (Å²) in [6, 6.07) is 6.11. The standard InChI is InChI=1S/C13H18BrClN2O/c14-10-1-2-12(15)11(9-10)13(3-8-18)17-6-4-16-5-7-17/h1-2,9,13,16,18H,3-8H2/t13-/m0/s1. The molecule has 0 aliphatic carbocycles. The van der Waals surface area contributed by atoms with Crippen LogP contribution in [0.2, 0.25) is 5.02 Å². The summed E-state index contributed by atoms with van der Waals surface area (Å²) in [7, 11) is 0. The van der Waals surface area contributed by atoms with Crippen LogP contribution in [0.5, 0.6) is 0 Å². The van der Waals surface area contributed by atoms with Crippen LogP contribution in [-0.4, -0.2) is 42.8 Å². The molecule has 1 aliphatic rings. The molecule has 1 aliphatic heterocycles. The minimum atomic E-state index is 0.178. The summed E-state index contributed by atoms with van der Waals surface area (Å²) in [4.78, 5) is 2.39. The number of aliphatic hydroxyl groups is 1. The first-order chi connectivity index (χ1) is 8.72. The summed E-state index contributed by atoms with van der Waals surface area (Å²) in [5.74, 6) is 0. The maximum Gasteiger partial charge on any atom is 0.0454 e. The van der Waals surface area contributed by atoms with Gasteiger partial charge >= 0.3 is 0 Å². The minimum absolute atomic E-state index is 0.178. The van der Waals surface area contributed by atoms with Gasteiger partial charge < -0.3 is 10.4 Å². The van der Waals surface area contributed by atoms with Crippen molar-refractivity contribution < 1.29 is 5.11 Å². The number of halogens is 2. The van der Waals surface area contributed by atoms with Gasteiger partial charge in [-0.3, -0.25) is 4.90 Å². The van der Waals surface area contributed by atoms with Crippen LogP contribution in [0.15, 0.2) is 22.7 Å². The Balaban J connectivity index is 2.24. The Kier molecular flexibility index (Phi) is 5.45. The fourth-order valence-corrected chi connectivity index (χ4v) is 3.04. The average molecular weight is 334 g/mol. The van der Waals surface area contributed by atoms with Gasteiger partial charge in [0.25, 0.3) is 0 Å². The van der Waals surface area contributed by atoms with Crippen LogP contribution in [0.3, 0.4) is 0 Å². The summed E-state index contributed by atoms with van der Waals surface area (Å²) in [5, 5.41) is 13.4. The molecule has 2 N–H and O–H groups in total. The van der Waals surface area contributed by atoms with Crippen LogP contribution in [0.4, 0.5) is 0 Å². The Morgan fingerprint density at radius 1 is 1.39 bits per heavy atom. The van der Waals surface area contributed by atoms with E-state index in [0.717, 1.165) is 47.7 Å². The lowest BCUT2D eigenvalue weighted by Crippen LogP contribution is -2.45. The topological polar surface area (TPSA) is 35.5 Å². The molecule has 0 saturated carbocycles. The lowest BCUT2D eigenvalue weighted by atomic mass is 10.0. The van der Waals surface area contributed by atoms with Crippen LogP contribution in [0.1, 0.15) is 18.0 Å². The molecular formula is C13H18BrClN2O. The summed E-state index contributed by atoms with van der Waals surface area (Å²) in [5.41, 5.74) is 1.10. The third-order valence-corrected chi connectivity index (χ3v) is 4.15. The van der Waals surface area contributed by atoms with Crippen LogP contribution in [0, 0.1) is 0 Å². The molecule has 18 heavy (non-hydrogen) atoms. The summed E-state index contributed by atoms with van der Waals surface area (Å²) in [6.07, 6.45) is 0.718. The number of hydrogen-bond acceptors (Lipinski definition) is 3. The second-order valence-corrected chi connectivity index (χ2v) is 5.80. The van der Waals surface area contributed by atoms with E-state index in [4.69, 9.17) is 11.6 Å². The van der Waals surface area contributed by atoms with Gasteiger partial charge in [0.15, 0.2) is 0 Å². The molecule has 0 amide bonds. The zero-order chi connectivity index (χ0) is 13.0. The second-order valence-electron chi connectivity index (χ2n) is 4.48. The Morgan fingerprint density at radius 3 is 2.78 bits per heavy atom. The van der Waals surface area contributed by atoms with Crippen molar-refractivity contribution in [2.24, 2.45) is 0 Å². The quantitative estimate of drug-likeness (QED) is 0.888. The van der Waals surface area contributed by atoms with Crippen LogP contribution >= 0.6 is 27.5 Å². The number of nitrogens with zero attached hydrogens (tertiary/aromatic N) is 1. The van der Waals surface area contributed by atoms with Gasteiger partial charge in [-0.15, -0.1) is 0 Å². The van der Waals surface area contributed by atoms with E-state index in [-0.39, 0.29) is 12.6 Å². The van der Waals surface area contributed by atoms with Crippen molar-refractivity contribution in [3.63, 3.8) is 0 Å². The summed E-state index contributed by atoms with van der Waals surface area (Å²) >= 11 is 9.79. The highest BCUT2D eigenvalue weighted by molar-refractivity contribution is 9.10. The molecule has 0 aromatic heterocycles. The lowest BCUT2D eigenvalue weighted by molar-refractivity contribution is 0.141. The van der Waals surface area contributed by atoms with Crippen molar-refractivity contribution in [3.05, 3.63) is 33.3 Å². The van der Waals surface area contributed by atoms with E-state index in [2.05, 4.69) is 32.2 Å². The van der Waals surface area contributed by atoms with Crippen molar-refractivity contribution in [3.8, 4) is 0 Å². The maximum absolute atomic E-state index is 9.29. The molecule has 0 bridgehead atoms. The van der Waals surface area contributed by atoms with Crippen molar-refractivity contribution >= 4 is 27.5 Å². The van der Waals surface area contributed by atoms with Crippen LogP contribution in [-0.2, 0) is 0 Å². The first kappa shape index (κ1) is 14.3. The van der Waals surface area contributed by atoms with Crippen LogP contribution in [0.25, 0.3) is 0 Å². The third-order valence-electron chi connectivity index (χ3n) is 3.31. The highest BCUT2D eigenvalue weighted by atomic mass is 79.9. The Hall–Kier alpha value is -0.130. The minimum Gasteiger partial charge on any atom is -0.396 e.